The SMILES string of the molecule is N#CC(=Cc1cccc(CCN)c1)c1ccc(C(F)(F)F)cn1. The third kappa shape index (κ3) is 4.41. The summed E-state index contributed by atoms with van der Waals surface area (Å²) in [5.74, 6) is 0. The quantitative estimate of drug-likeness (QED) is 0.875. The number of aromatic nitrogens is 1. The lowest BCUT2D eigenvalue weighted by molar-refractivity contribution is -0.137. The zero-order valence-electron chi connectivity index (χ0n) is 12.1. The first-order valence-electron chi connectivity index (χ1n) is 6.88. The molecule has 1 heterocycles. The van der Waals surface area contributed by atoms with Gasteiger partial charge in [-0.25, -0.2) is 0 Å². The Morgan fingerprint density at radius 1 is 1.26 bits per heavy atom. The van der Waals surface area contributed by atoms with Gasteiger partial charge in [0, 0.05) is 6.20 Å². The zero-order chi connectivity index (χ0) is 16.9. The average molecular weight is 317 g/mol. The standard InChI is InChI=1S/C17H14F3N3/c18-17(19,20)15-4-5-16(23-11-15)14(10-22)9-13-3-1-2-12(8-13)6-7-21/h1-5,8-9,11H,6-7,21H2. The Morgan fingerprint density at radius 2 is 2.04 bits per heavy atom. The van der Waals surface area contributed by atoms with E-state index in [1.807, 2.05) is 24.3 Å². The van der Waals surface area contributed by atoms with Crippen LogP contribution in [-0.4, -0.2) is 11.5 Å². The number of benzene rings is 1. The van der Waals surface area contributed by atoms with Crippen molar-refractivity contribution in [3.8, 4) is 6.07 Å². The van der Waals surface area contributed by atoms with Gasteiger partial charge in [-0.3, -0.25) is 4.98 Å². The van der Waals surface area contributed by atoms with Gasteiger partial charge in [0.15, 0.2) is 0 Å². The summed E-state index contributed by atoms with van der Waals surface area (Å²) < 4.78 is 37.6. The maximum absolute atomic E-state index is 12.5. The lowest BCUT2D eigenvalue weighted by atomic mass is 10.0. The Hall–Kier alpha value is -2.65. The zero-order valence-corrected chi connectivity index (χ0v) is 12.1. The van der Waals surface area contributed by atoms with Gasteiger partial charge < -0.3 is 5.73 Å². The molecule has 2 rings (SSSR count). The lowest BCUT2D eigenvalue weighted by Gasteiger charge is -2.06. The molecule has 2 N–H and O–H groups in total. The molecule has 1 aromatic carbocycles. The van der Waals surface area contributed by atoms with Crippen molar-refractivity contribution in [3.05, 3.63) is 65.0 Å². The summed E-state index contributed by atoms with van der Waals surface area (Å²) in [6.07, 6.45) is -1.42. The summed E-state index contributed by atoms with van der Waals surface area (Å²) in [5.41, 5.74) is 6.86. The van der Waals surface area contributed by atoms with Gasteiger partial charge >= 0.3 is 6.18 Å². The van der Waals surface area contributed by atoms with Crippen LogP contribution in [0.15, 0.2) is 42.6 Å². The molecule has 6 heteroatoms. The molecule has 2 aromatic rings. The van der Waals surface area contributed by atoms with Crippen molar-refractivity contribution < 1.29 is 13.2 Å². The molecule has 0 saturated heterocycles. The highest BCUT2D eigenvalue weighted by molar-refractivity contribution is 5.88. The normalized spacial score (nSPS) is 12.0. The molecule has 0 aliphatic rings. The van der Waals surface area contributed by atoms with Crippen LogP contribution in [0.25, 0.3) is 11.6 Å². The minimum Gasteiger partial charge on any atom is -0.330 e. The first kappa shape index (κ1) is 16.7. The van der Waals surface area contributed by atoms with Crippen molar-refractivity contribution >= 4 is 11.6 Å². The van der Waals surface area contributed by atoms with Gasteiger partial charge in [0.05, 0.1) is 16.8 Å². The van der Waals surface area contributed by atoms with Crippen LogP contribution in [0, 0.1) is 11.3 Å². The molecule has 0 atom stereocenters. The third-order valence-corrected chi connectivity index (χ3v) is 3.18. The van der Waals surface area contributed by atoms with Crippen molar-refractivity contribution in [1.29, 1.82) is 5.26 Å². The summed E-state index contributed by atoms with van der Waals surface area (Å²) in [4.78, 5) is 3.74. The molecule has 0 unspecified atom stereocenters. The van der Waals surface area contributed by atoms with E-state index >= 15 is 0 Å². The van der Waals surface area contributed by atoms with E-state index in [0.29, 0.717) is 13.0 Å². The van der Waals surface area contributed by atoms with Gasteiger partial charge in [-0.1, -0.05) is 24.3 Å². The van der Waals surface area contributed by atoms with Crippen LogP contribution < -0.4 is 5.73 Å². The Labute approximate surface area is 131 Å². The number of alkyl halides is 3. The monoisotopic (exact) mass is 317 g/mol. The number of nitrogens with zero attached hydrogens (tertiary/aromatic N) is 2. The predicted molar refractivity (Wildman–Crippen MR) is 81.9 cm³/mol. The number of hydrogen-bond acceptors (Lipinski definition) is 3. The van der Waals surface area contributed by atoms with Crippen molar-refractivity contribution in [1.82, 2.24) is 4.98 Å². The number of hydrogen-bond donors (Lipinski definition) is 1. The minimum absolute atomic E-state index is 0.198. The van der Waals surface area contributed by atoms with E-state index in [2.05, 4.69) is 4.98 Å². The van der Waals surface area contributed by atoms with Crippen molar-refractivity contribution in [2.24, 2.45) is 5.73 Å². The van der Waals surface area contributed by atoms with E-state index in [1.54, 1.807) is 12.1 Å². The van der Waals surface area contributed by atoms with Crippen LogP contribution in [0.2, 0.25) is 0 Å². The van der Waals surface area contributed by atoms with Gasteiger partial charge in [-0.2, -0.15) is 18.4 Å². The minimum atomic E-state index is -4.45. The van der Waals surface area contributed by atoms with Gasteiger partial charge in [-0.15, -0.1) is 0 Å². The van der Waals surface area contributed by atoms with Crippen LogP contribution in [0.4, 0.5) is 13.2 Å². The predicted octanol–water partition coefficient (Wildman–Crippen LogP) is 3.67. The first-order chi connectivity index (χ1) is 10.9. The summed E-state index contributed by atoms with van der Waals surface area (Å²) in [6.45, 7) is 0.513. The number of nitriles is 1. The largest absolute Gasteiger partial charge is 0.417 e. The van der Waals surface area contributed by atoms with Crippen molar-refractivity contribution in [3.63, 3.8) is 0 Å². The topological polar surface area (TPSA) is 62.7 Å². The fraction of sp³-hybridized carbons (Fsp3) is 0.176. The van der Waals surface area contributed by atoms with Crippen LogP contribution in [0.1, 0.15) is 22.4 Å². The van der Waals surface area contributed by atoms with E-state index in [1.165, 1.54) is 6.07 Å². The van der Waals surface area contributed by atoms with Gasteiger partial charge in [0.25, 0.3) is 0 Å². The highest BCUT2D eigenvalue weighted by Crippen LogP contribution is 2.29. The van der Waals surface area contributed by atoms with Gasteiger partial charge in [0.2, 0.25) is 0 Å². The first-order valence-corrected chi connectivity index (χ1v) is 6.88. The van der Waals surface area contributed by atoms with E-state index in [4.69, 9.17) is 5.73 Å². The molecule has 0 saturated carbocycles. The molecule has 3 nitrogen and oxygen atoms in total. The van der Waals surface area contributed by atoms with Crippen LogP contribution >= 0.6 is 0 Å². The summed E-state index contributed by atoms with van der Waals surface area (Å²) in [7, 11) is 0. The smallest absolute Gasteiger partial charge is 0.330 e. The fourth-order valence-electron chi connectivity index (χ4n) is 2.06. The number of nitrogens with two attached hydrogens (primary N) is 1. The van der Waals surface area contributed by atoms with E-state index < -0.39 is 11.7 Å². The van der Waals surface area contributed by atoms with Crippen molar-refractivity contribution in [2.45, 2.75) is 12.6 Å². The molecule has 23 heavy (non-hydrogen) atoms. The number of pyridine rings is 1. The Kier molecular flexibility index (Phi) is 5.14. The number of halogens is 3. The van der Waals surface area contributed by atoms with E-state index in [9.17, 15) is 18.4 Å². The fourth-order valence-corrected chi connectivity index (χ4v) is 2.06. The van der Waals surface area contributed by atoms with Gasteiger partial charge in [0.1, 0.15) is 6.07 Å². The molecule has 0 fully saturated rings. The third-order valence-electron chi connectivity index (χ3n) is 3.18. The average Bonchev–Trinajstić information content (AvgIpc) is 2.53. The number of rotatable bonds is 4. The Bertz CT molecular complexity index is 741. The highest BCUT2D eigenvalue weighted by atomic mass is 19.4. The molecule has 0 aliphatic heterocycles. The van der Waals surface area contributed by atoms with Crippen molar-refractivity contribution in [2.75, 3.05) is 6.54 Å². The second kappa shape index (κ2) is 7.07. The molecule has 0 amide bonds. The van der Waals surface area contributed by atoms with Crippen LogP contribution in [-0.2, 0) is 12.6 Å². The maximum atomic E-state index is 12.5. The molecule has 0 spiro atoms. The highest BCUT2D eigenvalue weighted by Gasteiger charge is 2.30. The Morgan fingerprint density at radius 3 is 2.61 bits per heavy atom. The van der Waals surface area contributed by atoms with Crippen LogP contribution in [0.5, 0.6) is 0 Å². The summed E-state index contributed by atoms with van der Waals surface area (Å²) >= 11 is 0. The molecule has 1 aromatic heterocycles. The maximum Gasteiger partial charge on any atom is 0.417 e. The Balaban J connectivity index is 2.32. The van der Waals surface area contributed by atoms with E-state index in [-0.39, 0.29) is 11.3 Å². The van der Waals surface area contributed by atoms with Crippen LogP contribution in [0.3, 0.4) is 0 Å². The molecular weight excluding hydrogens is 303 g/mol. The molecule has 118 valence electrons. The number of allylic oxidation sites excluding steroid dienone is 1. The second-order valence-corrected chi connectivity index (χ2v) is 4.88. The lowest BCUT2D eigenvalue weighted by Crippen LogP contribution is -2.05. The van der Waals surface area contributed by atoms with E-state index in [0.717, 1.165) is 23.4 Å². The summed E-state index contributed by atoms with van der Waals surface area (Å²) in [5, 5.41) is 9.24. The van der Waals surface area contributed by atoms with Gasteiger partial charge in [-0.05, 0) is 42.3 Å². The molecule has 0 radical (unpaired) electrons. The second-order valence-electron chi connectivity index (χ2n) is 4.88. The molecule has 0 bridgehead atoms. The summed E-state index contributed by atoms with van der Waals surface area (Å²) in [6, 6.07) is 11.5. The molecule has 0 aliphatic carbocycles. The molecular formula is C17H14F3N3.